The zero-order chi connectivity index (χ0) is 26.6. The second kappa shape index (κ2) is 15.1. The number of hydrogen-bond acceptors (Lipinski definition) is 7. The zero-order valence-corrected chi connectivity index (χ0v) is 22.7. The number of ether oxygens (including phenoxy) is 4. The monoisotopic (exact) mass is 538 g/mol. The second-order valence-electron chi connectivity index (χ2n) is 8.87. The highest BCUT2D eigenvalue weighted by Crippen LogP contribution is 2.53. The molecule has 0 amide bonds. The van der Waals surface area contributed by atoms with E-state index in [1.165, 1.54) is 6.92 Å². The van der Waals surface area contributed by atoms with Gasteiger partial charge in [-0.3, -0.25) is 4.79 Å². The van der Waals surface area contributed by atoms with Crippen LogP contribution in [-0.4, -0.2) is 43.3 Å². The molecule has 0 N–H and O–H groups in total. The first-order valence-electron chi connectivity index (χ1n) is 12.8. The van der Waals surface area contributed by atoms with E-state index >= 15 is 0 Å². The summed E-state index contributed by atoms with van der Waals surface area (Å²) < 4.78 is 37.1. The van der Waals surface area contributed by atoms with E-state index in [-0.39, 0.29) is 6.61 Å². The van der Waals surface area contributed by atoms with Gasteiger partial charge in [-0.05, 0) is 23.6 Å². The SMILES string of the molecule is CCO[P@]1O[C@H](COCc2ccccc2)[C@@H](OCc2ccccc2)[C@H](OCc2ccccc2)[C@@H]1OC(C)=O. The molecule has 3 aromatic rings. The molecule has 202 valence electrons. The van der Waals surface area contributed by atoms with Gasteiger partial charge in [-0.2, -0.15) is 0 Å². The normalized spacial score (nSPS) is 23.2. The summed E-state index contributed by atoms with van der Waals surface area (Å²) in [4.78, 5) is 12.1. The fourth-order valence-electron chi connectivity index (χ4n) is 4.16. The molecule has 0 aromatic heterocycles. The Morgan fingerprint density at radius 1 is 0.763 bits per heavy atom. The molecule has 0 spiro atoms. The van der Waals surface area contributed by atoms with Crippen molar-refractivity contribution in [2.24, 2.45) is 0 Å². The topological polar surface area (TPSA) is 72.5 Å². The van der Waals surface area contributed by atoms with Crippen LogP contribution in [0.1, 0.15) is 30.5 Å². The van der Waals surface area contributed by atoms with Crippen LogP contribution in [0.15, 0.2) is 91.0 Å². The third-order valence-corrected chi connectivity index (χ3v) is 7.73. The average molecular weight is 539 g/mol. The highest BCUT2D eigenvalue weighted by Gasteiger charge is 2.51. The first kappa shape index (κ1) is 28.4. The Hall–Kier alpha value is -2.64. The summed E-state index contributed by atoms with van der Waals surface area (Å²) in [6, 6.07) is 29.7. The Kier molecular flexibility index (Phi) is 11.3. The molecule has 38 heavy (non-hydrogen) atoms. The van der Waals surface area contributed by atoms with Crippen molar-refractivity contribution in [1.82, 2.24) is 0 Å². The number of carbonyl (C=O) groups is 1. The number of rotatable bonds is 13. The lowest BCUT2D eigenvalue weighted by Crippen LogP contribution is -2.54. The number of esters is 1. The fourth-order valence-corrected chi connectivity index (χ4v) is 5.92. The average Bonchev–Trinajstić information content (AvgIpc) is 2.94. The summed E-state index contributed by atoms with van der Waals surface area (Å²) in [7, 11) is -1.62. The standard InChI is InChI=1S/C30H35O7P/c1-3-35-38-30(36-23(2)31)29(34-21-26-17-11-6-12-18-26)28(33-20-25-15-9-5-10-16-25)27(37-38)22-32-19-24-13-7-4-8-14-24/h4-18,27-30H,3,19-22H2,1-2H3/t27-,28-,29+,30-,38-/m1/s1. The molecule has 1 saturated heterocycles. The molecule has 4 rings (SSSR count). The van der Waals surface area contributed by atoms with Crippen molar-refractivity contribution >= 4 is 14.3 Å². The van der Waals surface area contributed by atoms with Crippen molar-refractivity contribution in [3.63, 3.8) is 0 Å². The Bertz CT molecular complexity index is 1080. The zero-order valence-electron chi connectivity index (χ0n) is 21.8. The van der Waals surface area contributed by atoms with Gasteiger partial charge in [-0.25, -0.2) is 0 Å². The van der Waals surface area contributed by atoms with Crippen molar-refractivity contribution < 1.29 is 32.8 Å². The van der Waals surface area contributed by atoms with E-state index in [1.54, 1.807) is 0 Å². The third-order valence-electron chi connectivity index (χ3n) is 5.93. The van der Waals surface area contributed by atoms with Gasteiger partial charge in [0.15, 0.2) is 5.85 Å². The molecule has 8 heteroatoms. The Morgan fingerprint density at radius 2 is 1.26 bits per heavy atom. The Labute approximate surface area is 225 Å². The second-order valence-corrected chi connectivity index (χ2v) is 10.4. The molecule has 1 heterocycles. The molecule has 0 saturated carbocycles. The van der Waals surface area contributed by atoms with Gasteiger partial charge in [0.25, 0.3) is 0 Å². The fraction of sp³-hybridized carbons (Fsp3) is 0.367. The van der Waals surface area contributed by atoms with Gasteiger partial charge in [0.1, 0.15) is 18.3 Å². The van der Waals surface area contributed by atoms with Crippen LogP contribution in [0, 0.1) is 0 Å². The molecule has 0 radical (unpaired) electrons. The van der Waals surface area contributed by atoms with Gasteiger partial charge < -0.3 is 28.0 Å². The molecule has 0 aliphatic carbocycles. The lowest BCUT2D eigenvalue weighted by molar-refractivity contribution is -0.189. The molecule has 0 unspecified atom stereocenters. The Morgan fingerprint density at radius 3 is 1.76 bits per heavy atom. The quantitative estimate of drug-likeness (QED) is 0.195. The van der Waals surface area contributed by atoms with Crippen molar-refractivity contribution in [3.8, 4) is 0 Å². The van der Waals surface area contributed by atoms with Crippen LogP contribution >= 0.6 is 8.38 Å². The number of benzene rings is 3. The summed E-state index contributed by atoms with van der Waals surface area (Å²) in [6.45, 7) is 5.02. The van der Waals surface area contributed by atoms with E-state index in [0.29, 0.717) is 26.4 Å². The molecule has 1 aliphatic heterocycles. The summed E-state index contributed by atoms with van der Waals surface area (Å²) in [5.41, 5.74) is 3.08. The lowest BCUT2D eigenvalue weighted by atomic mass is 10.1. The largest absolute Gasteiger partial charge is 0.450 e. The van der Waals surface area contributed by atoms with Crippen LogP contribution < -0.4 is 0 Å². The summed E-state index contributed by atoms with van der Waals surface area (Å²) >= 11 is 0. The molecule has 7 nitrogen and oxygen atoms in total. The summed E-state index contributed by atoms with van der Waals surface area (Å²) in [5, 5.41) is 0. The van der Waals surface area contributed by atoms with Crippen molar-refractivity contribution in [3.05, 3.63) is 108 Å². The van der Waals surface area contributed by atoms with Crippen LogP contribution in [-0.2, 0) is 52.6 Å². The Balaban J connectivity index is 1.58. The van der Waals surface area contributed by atoms with E-state index in [2.05, 4.69) is 0 Å². The first-order chi connectivity index (χ1) is 18.6. The van der Waals surface area contributed by atoms with Gasteiger partial charge in [0.2, 0.25) is 8.38 Å². The minimum Gasteiger partial charge on any atom is -0.450 e. The molecule has 3 aromatic carbocycles. The highest BCUT2D eigenvalue weighted by atomic mass is 31.2. The van der Waals surface area contributed by atoms with Crippen molar-refractivity contribution in [2.75, 3.05) is 13.2 Å². The van der Waals surface area contributed by atoms with E-state index in [0.717, 1.165) is 16.7 Å². The maximum absolute atomic E-state index is 12.1. The molecular formula is C30H35O7P. The highest BCUT2D eigenvalue weighted by molar-refractivity contribution is 7.48. The first-order valence-corrected chi connectivity index (χ1v) is 14.1. The maximum atomic E-state index is 12.1. The van der Waals surface area contributed by atoms with E-state index in [4.69, 9.17) is 28.0 Å². The van der Waals surface area contributed by atoms with Crippen LogP contribution in [0.5, 0.6) is 0 Å². The van der Waals surface area contributed by atoms with Crippen molar-refractivity contribution in [1.29, 1.82) is 0 Å². The number of hydrogen-bond donors (Lipinski definition) is 0. The van der Waals surface area contributed by atoms with Gasteiger partial charge in [0, 0.05) is 6.92 Å². The van der Waals surface area contributed by atoms with E-state index in [9.17, 15) is 4.79 Å². The van der Waals surface area contributed by atoms with Crippen LogP contribution in [0.25, 0.3) is 0 Å². The predicted molar refractivity (Wildman–Crippen MR) is 145 cm³/mol. The smallest absolute Gasteiger partial charge is 0.303 e. The lowest BCUT2D eigenvalue weighted by Gasteiger charge is -2.44. The van der Waals surface area contributed by atoms with Gasteiger partial charge in [-0.1, -0.05) is 91.0 Å². The molecule has 1 fully saturated rings. The molecular weight excluding hydrogens is 503 g/mol. The maximum Gasteiger partial charge on any atom is 0.303 e. The summed E-state index contributed by atoms with van der Waals surface area (Å²) in [5.74, 6) is -1.18. The third kappa shape index (κ3) is 8.43. The van der Waals surface area contributed by atoms with Gasteiger partial charge in [-0.15, -0.1) is 0 Å². The van der Waals surface area contributed by atoms with Gasteiger partial charge >= 0.3 is 5.97 Å². The minimum absolute atomic E-state index is 0.262. The molecule has 0 bridgehead atoms. The van der Waals surface area contributed by atoms with Crippen LogP contribution in [0.4, 0.5) is 0 Å². The minimum atomic E-state index is -1.62. The van der Waals surface area contributed by atoms with E-state index < -0.39 is 38.5 Å². The molecule has 5 atom stereocenters. The summed E-state index contributed by atoms with van der Waals surface area (Å²) in [6.07, 6.45) is -1.69. The van der Waals surface area contributed by atoms with Crippen LogP contribution in [0.2, 0.25) is 0 Å². The predicted octanol–water partition coefficient (Wildman–Crippen LogP) is 6.01. The molecule has 1 aliphatic rings. The van der Waals surface area contributed by atoms with Crippen molar-refractivity contribution in [2.45, 2.75) is 57.8 Å². The number of carbonyl (C=O) groups excluding carboxylic acids is 1. The van der Waals surface area contributed by atoms with E-state index in [1.807, 2.05) is 97.9 Å². The van der Waals surface area contributed by atoms with Crippen LogP contribution in [0.3, 0.4) is 0 Å². The van der Waals surface area contributed by atoms with Gasteiger partial charge in [0.05, 0.1) is 33.0 Å².